The van der Waals surface area contributed by atoms with Gasteiger partial charge in [-0.25, -0.2) is 9.50 Å². The second kappa shape index (κ2) is 3.96. The van der Waals surface area contributed by atoms with Gasteiger partial charge in [-0.05, 0) is 24.3 Å². The van der Waals surface area contributed by atoms with Crippen LogP contribution < -0.4 is 0 Å². The normalized spacial score (nSPS) is 10.7. The first kappa shape index (κ1) is 10.5. The molecule has 0 radical (unpaired) electrons. The van der Waals surface area contributed by atoms with Gasteiger partial charge in [0.15, 0.2) is 17.8 Å². The molecule has 0 bridgehead atoms. The number of pyridine rings is 1. The predicted molar refractivity (Wildman–Crippen MR) is 65.5 cm³/mol. The number of nitrogens with zero attached hydrogens (tertiary/aromatic N) is 3. The molecule has 1 aromatic carbocycles. The molecule has 0 fully saturated rings. The molecule has 0 amide bonds. The van der Waals surface area contributed by atoms with E-state index < -0.39 is 0 Å². The lowest BCUT2D eigenvalue weighted by Gasteiger charge is -1.94. The van der Waals surface area contributed by atoms with E-state index in [9.17, 15) is 9.90 Å². The highest BCUT2D eigenvalue weighted by molar-refractivity contribution is 5.84. The van der Waals surface area contributed by atoms with Gasteiger partial charge >= 0.3 is 0 Å². The number of fused-ring (bicyclic) bond motifs is 1. The maximum Gasteiger partial charge on any atom is 0.182 e. The minimum Gasteiger partial charge on any atom is -0.508 e. The standard InChI is InChI=1S/C13H9N3O2/c17-8-10-4-2-6-16-13(10)14-12(15-16)9-3-1-5-11(18)7-9/h1-8,18H. The number of carbonyl (C=O) groups excluding carboxylic acids is 1. The van der Waals surface area contributed by atoms with Crippen LogP contribution in [0.5, 0.6) is 5.75 Å². The molecule has 2 aromatic heterocycles. The monoisotopic (exact) mass is 239 g/mol. The highest BCUT2D eigenvalue weighted by Gasteiger charge is 2.09. The maximum absolute atomic E-state index is 10.9. The summed E-state index contributed by atoms with van der Waals surface area (Å²) in [5.74, 6) is 0.627. The zero-order valence-electron chi connectivity index (χ0n) is 9.32. The Hall–Kier alpha value is -2.69. The van der Waals surface area contributed by atoms with Gasteiger partial charge in [0.25, 0.3) is 0 Å². The molecule has 0 saturated carbocycles. The Morgan fingerprint density at radius 2 is 2.11 bits per heavy atom. The minimum atomic E-state index is 0.155. The Kier molecular flexibility index (Phi) is 2.30. The fourth-order valence-electron chi connectivity index (χ4n) is 1.79. The average Bonchev–Trinajstić information content (AvgIpc) is 2.82. The summed E-state index contributed by atoms with van der Waals surface area (Å²) < 4.78 is 1.54. The van der Waals surface area contributed by atoms with Gasteiger partial charge < -0.3 is 5.11 Å². The summed E-state index contributed by atoms with van der Waals surface area (Å²) in [7, 11) is 0. The highest BCUT2D eigenvalue weighted by Crippen LogP contribution is 2.21. The number of rotatable bonds is 2. The second-order valence-electron chi connectivity index (χ2n) is 3.84. The molecule has 5 nitrogen and oxygen atoms in total. The van der Waals surface area contributed by atoms with Crippen molar-refractivity contribution in [1.82, 2.24) is 14.6 Å². The summed E-state index contributed by atoms with van der Waals surface area (Å²) in [6.07, 6.45) is 2.47. The SMILES string of the molecule is O=Cc1cccn2nc(-c3cccc(O)c3)nc12. The summed E-state index contributed by atoms with van der Waals surface area (Å²) in [6, 6.07) is 10.1. The van der Waals surface area contributed by atoms with E-state index in [2.05, 4.69) is 10.1 Å². The van der Waals surface area contributed by atoms with Crippen LogP contribution >= 0.6 is 0 Å². The number of aldehydes is 1. The lowest BCUT2D eigenvalue weighted by molar-refractivity contribution is 0.112. The van der Waals surface area contributed by atoms with Crippen LogP contribution in [-0.4, -0.2) is 26.0 Å². The lowest BCUT2D eigenvalue weighted by Crippen LogP contribution is -1.90. The zero-order valence-corrected chi connectivity index (χ0v) is 9.32. The Bertz CT molecular complexity index is 734. The van der Waals surface area contributed by atoms with Crippen LogP contribution in [0.2, 0.25) is 0 Å². The highest BCUT2D eigenvalue weighted by atomic mass is 16.3. The van der Waals surface area contributed by atoms with Crippen LogP contribution in [0.4, 0.5) is 0 Å². The largest absolute Gasteiger partial charge is 0.508 e. The Morgan fingerprint density at radius 3 is 2.89 bits per heavy atom. The van der Waals surface area contributed by atoms with Gasteiger partial charge in [-0.3, -0.25) is 4.79 Å². The molecule has 0 aliphatic heterocycles. The molecule has 0 saturated heterocycles. The summed E-state index contributed by atoms with van der Waals surface area (Å²) >= 11 is 0. The third kappa shape index (κ3) is 1.62. The van der Waals surface area contributed by atoms with E-state index in [1.165, 1.54) is 0 Å². The first-order valence-electron chi connectivity index (χ1n) is 5.38. The summed E-state index contributed by atoms with van der Waals surface area (Å²) in [4.78, 5) is 15.2. The first-order valence-corrected chi connectivity index (χ1v) is 5.38. The van der Waals surface area contributed by atoms with E-state index in [1.54, 1.807) is 47.1 Å². The molecule has 1 N–H and O–H groups in total. The van der Waals surface area contributed by atoms with Crippen molar-refractivity contribution in [2.75, 3.05) is 0 Å². The quantitative estimate of drug-likeness (QED) is 0.694. The van der Waals surface area contributed by atoms with Crippen LogP contribution in [0.3, 0.4) is 0 Å². The predicted octanol–water partition coefficient (Wildman–Crippen LogP) is 1.91. The number of hydrogen-bond acceptors (Lipinski definition) is 4. The van der Waals surface area contributed by atoms with Gasteiger partial charge in [0.2, 0.25) is 0 Å². The van der Waals surface area contributed by atoms with Crippen LogP contribution in [-0.2, 0) is 0 Å². The molecule has 3 aromatic rings. The van der Waals surface area contributed by atoms with Gasteiger partial charge in [0.05, 0.1) is 5.56 Å². The van der Waals surface area contributed by atoms with Crippen molar-refractivity contribution in [3.8, 4) is 17.1 Å². The molecule has 2 heterocycles. The van der Waals surface area contributed by atoms with Crippen molar-refractivity contribution < 1.29 is 9.90 Å². The number of hydrogen-bond donors (Lipinski definition) is 1. The van der Waals surface area contributed by atoms with Crippen molar-refractivity contribution in [3.63, 3.8) is 0 Å². The molecule has 3 rings (SSSR count). The van der Waals surface area contributed by atoms with Crippen LogP contribution in [0.1, 0.15) is 10.4 Å². The molecule has 18 heavy (non-hydrogen) atoms. The van der Waals surface area contributed by atoms with E-state index in [0.717, 1.165) is 6.29 Å². The van der Waals surface area contributed by atoms with Crippen molar-refractivity contribution >= 4 is 11.9 Å². The van der Waals surface area contributed by atoms with Crippen molar-refractivity contribution in [1.29, 1.82) is 0 Å². The Balaban J connectivity index is 2.22. The van der Waals surface area contributed by atoms with Crippen molar-refractivity contribution in [2.45, 2.75) is 0 Å². The average molecular weight is 239 g/mol. The molecule has 0 spiro atoms. The van der Waals surface area contributed by atoms with Crippen molar-refractivity contribution in [3.05, 3.63) is 48.2 Å². The number of carbonyl (C=O) groups is 1. The molecule has 0 aliphatic carbocycles. The number of benzene rings is 1. The lowest BCUT2D eigenvalue weighted by atomic mass is 10.2. The summed E-state index contributed by atoms with van der Waals surface area (Å²) in [5, 5.41) is 13.7. The Morgan fingerprint density at radius 1 is 1.22 bits per heavy atom. The molecule has 0 unspecified atom stereocenters. The molecule has 0 atom stereocenters. The van der Waals surface area contributed by atoms with Gasteiger partial charge in [0, 0.05) is 11.8 Å². The summed E-state index contributed by atoms with van der Waals surface area (Å²) in [6.45, 7) is 0. The fraction of sp³-hybridized carbons (Fsp3) is 0. The van der Waals surface area contributed by atoms with Crippen LogP contribution in [0.25, 0.3) is 17.0 Å². The van der Waals surface area contributed by atoms with Gasteiger partial charge in [0.1, 0.15) is 5.75 Å². The first-order chi connectivity index (χ1) is 8.78. The molecule has 5 heteroatoms. The van der Waals surface area contributed by atoms with Crippen LogP contribution in [0, 0.1) is 0 Å². The molecular weight excluding hydrogens is 230 g/mol. The molecular formula is C13H9N3O2. The number of phenols is 1. The third-order valence-electron chi connectivity index (χ3n) is 2.62. The number of aromatic nitrogens is 3. The number of phenolic OH excluding ortho intramolecular Hbond substituents is 1. The van der Waals surface area contributed by atoms with E-state index in [-0.39, 0.29) is 5.75 Å². The summed E-state index contributed by atoms with van der Waals surface area (Å²) in [5.41, 5.74) is 1.69. The fourth-order valence-corrected chi connectivity index (χ4v) is 1.79. The van der Waals surface area contributed by atoms with Crippen LogP contribution in [0.15, 0.2) is 42.6 Å². The van der Waals surface area contributed by atoms with Gasteiger partial charge in [-0.15, -0.1) is 5.10 Å². The smallest absolute Gasteiger partial charge is 0.182 e. The topological polar surface area (TPSA) is 67.5 Å². The minimum absolute atomic E-state index is 0.155. The zero-order chi connectivity index (χ0) is 12.5. The van der Waals surface area contributed by atoms with E-state index >= 15 is 0 Å². The van der Waals surface area contributed by atoms with E-state index in [4.69, 9.17) is 0 Å². The number of aromatic hydroxyl groups is 1. The second-order valence-corrected chi connectivity index (χ2v) is 3.84. The maximum atomic E-state index is 10.9. The molecule has 0 aliphatic rings. The van der Waals surface area contributed by atoms with Gasteiger partial charge in [-0.1, -0.05) is 12.1 Å². The Labute approximate surface area is 102 Å². The van der Waals surface area contributed by atoms with E-state index in [0.29, 0.717) is 22.6 Å². The molecule has 88 valence electrons. The van der Waals surface area contributed by atoms with Gasteiger partial charge in [-0.2, -0.15) is 0 Å². The van der Waals surface area contributed by atoms with E-state index in [1.807, 2.05) is 0 Å². The van der Waals surface area contributed by atoms with Crippen molar-refractivity contribution in [2.24, 2.45) is 0 Å². The third-order valence-corrected chi connectivity index (χ3v) is 2.62.